The third kappa shape index (κ3) is 6.36. The van der Waals surface area contributed by atoms with Crippen molar-refractivity contribution in [3.8, 4) is 5.75 Å². The molecule has 0 fully saturated rings. The molecule has 4 nitrogen and oxygen atoms in total. The summed E-state index contributed by atoms with van der Waals surface area (Å²) in [5.74, 6) is 0.178. The van der Waals surface area contributed by atoms with Crippen molar-refractivity contribution in [1.82, 2.24) is 5.43 Å². The van der Waals surface area contributed by atoms with E-state index < -0.39 is 0 Å². The summed E-state index contributed by atoms with van der Waals surface area (Å²) in [7, 11) is 0. The fourth-order valence-electron chi connectivity index (χ4n) is 1.86. The van der Waals surface area contributed by atoms with Crippen molar-refractivity contribution in [2.75, 3.05) is 0 Å². The number of unbranched alkanes of at least 4 members (excludes halogenated alkanes) is 4. The molecule has 4 heteroatoms. The number of phenolic OH excluding ortho intramolecular Hbond substituents is 1. The zero-order valence-corrected chi connectivity index (χ0v) is 12.4. The number of hydrogen-bond acceptors (Lipinski definition) is 3. The minimum atomic E-state index is -0.0420. The number of aromatic hydroxyl groups is 1. The average Bonchev–Trinajstić information content (AvgIpc) is 2.45. The lowest BCUT2D eigenvalue weighted by atomic mass is 10.1. The van der Waals surface area contributed by atoms with Crippen LogP contribution in [0, 0.1) is 0 Å². The van der Waals surface area contributed by atoms with Crippen LogP contribution in [0.15, 0.2) is 29.4 Å². The molecule has 110 valence electrons. The van der Waals surface area contributed by atoms with E-state index in [1.165, 1.54) is 19.3 Å². The zero-order valence-electron chi connectivity index (χ0n) is 12.4. The van der Waals surface area contributed by atoms with Gasteiger partial charge >= 0.3 is 0 Å². The van der Waals surface area contributed by atoms with Gasteiger partial charge in [-0.25, -0.2) is 5.43 Å². The molecule has 0 aromatic heterocycles. The predicted octanol–water partition coefficient (Wildman–Crippen LogP) is 3.59. The van der Waals surface area contributed by atoms with E-state index in [9.17, 15) is 9.90 Å². The highest BCUT2D eigenvalue weighted by molar-refractivity contribution is 5.99. The molecule has 1 aromatic carbocycles. The first-order valence-corrected chi connectivity index (χ1v) is 7.26. The summed E-state index contributed by atoms with van der Waals surface area (Å²) in [6.45, 7) is 4.00. The Bertz CT molecular complexity index is 438. The molecule has 0 spiro atoms. The highest BCUT2D eigenvalue weighted by Crippen LogP contribution is 2.10. The SMILES string of the molecule is CCCCCCCC(=O)NN=C(C)c1ccc(O)cc1. The molecule has 0 saturated heterocycles. The van der Waals surface area contributed by atoms with E-state index in [1.807, 2.05) is 6.92 Å². The molecule has 20 heavy (non-hydrogen) atoms. The van der Waals surface area contributed by atoms with Crippen LogP contribution in [-0.4, -0.2) is 16.7 Å². The van der Waals surface area contributed by atoms with Crippen molar-refractivity contribution >= 4 is 11.6 Å². The Balaban J connectivity index is 2.31. The summed E-state index contributed by atoms with van der Waals surface area (Å²) >= 11 is 0. The first-order chi connectivity index (χ1) is 9.63. The third-order valence-corrected chi connectivity index (χ3v) is 3.14. The Morgan fingerprint density at radius 2 is 1.80 bits per heavy atom. The third-order valence-electron chi connectivity index (χ3n) is 3.14. The van der Waals surface area contributed by atoms with Gasteiger partial charge in [0.15, 0.2) is 0 Å². The number of nitrogens with one attached hydrogen (secondary N) is 1. The van der Waals surface area contributed by atoms with E-state index in [4.69, 9.17) is 0 Å². The highest BCUT2D eigenvalue weighted by atomic mass is 16.3. The minimum Gasteiger partial charge on any atom is -0.508 e. The molecule has 0 atom stereocenters. The number of hydrazone groups is 1. The summed E-state index contributed by atoms with van der Waals surface area (Å²) in [4.78, 5) is 11.6. The number of amides is 1. The average molecular weight is 276 g/mol. The second-order valence-electron chi connectivity index (χ2n) is 4.94. The number of nitrogens with zero attached hydrogens (tertiary/aromatic N) is 1. The molecular weight excluding hydrogens is 252 g/mol. The van der Waals surface area contributed by atoms with Crippen molar-refractivity contribution in [2.24, 2.45) is 5.10 Å². The van der Waals surface area contributed by atoms with E-state index in [2.05, 4.69) is 17.5 Å². The van der Waals surface area contributed by atoms with E-state index in [-0.39, 0.29) is 11.7 Å². The Morgan fingerprint density at radius 3 is 2.45 bits per heavy atom. The molecule has 1 amide bonds. The summed E-state index contributed by atoms with van der Waals surface area (Å²) < 4.78 is 0. The van der Waals surface area contributed by atoms with Gasteiger partial charge in [-0.15, -0.1) is 0 Å². The van der Waals surface area contributed by atoms with Gasteiger partial charge in [0.25, 0.3) is 0 Å². The van der Waals surface area contributed by atoms with Gasteiger partial charge in [0.1, 0.15) is 5.75 Å². The minimum absolute atomic E-state index is 0.0420. The van der Waals surface area contributed by atoms with Crippen LogP contribution in [0.25, 0.3) is 0 Å². The van der Waals surface area contributed by atoms with Crippen LogP contribution in [0.4, 0.5) is 0 Å². The Hall–Kier alpha value is -1.84. The zero-order chi connectivity index (χ0) is 14.8. The fourth-order valence-corrected chi connectivity index (χ4v) is 1.86. The predicted molar refractivity (Wildman–Crippen MR) is 81.8 cm³/mol. The quantitative estimate of drug-likeness (QED) is 0.433. The molecule has 1 aromatic rings. The second kappa shape index (κ2) is 9.13. The molecule has 0 bridgehead atoms. The van der Waals surface area contributed by atoms with Gasteiger partial charge in [0.2, 0.25) is 5.91 Å². The number of hydrogen-bond donors (Lipinski definition) is 2. The van der Waals surface area contributed by atoms with Gasteiger partial charge in [-0.2, -0.15) is 5.10 Å². The van der Waals surface area contributed by atoms with E-state index in [1.54, 1.807) is 24.3 Å². The Morgan fingerprint density at radius 1 is 1.15 bits per heavy atom. The Labute approximate surface area is 120 Å². The van der Waals surface area contributed by atoms with Gasteiger partial charge in [-0.1, -0.05) is 32.6 Å². The van der Waals surface area contributed by atoms with Crippen molar-refractivity contribution in [3.05, 3.63) is 29.8 Å². The van der Waals surface area contributed by atoms with Crippen LogP contribution < -0.4 is 5.43 Å². The molecule has 0 aliphatic carbocycles. The Kier molecular flexibility index (Phi) is 7.40. The van der Waals surface area contributed by atoms with Gasteiger partial charge in [0.05, 0.1) is 5.71 Å². The monoisotopic (exact) mass is 276 g/mol. The summed E-state index contributed by atoms with van der Waals surface area (Å²) in [6.07, 6.45) is 6.18. The van der Waals surface area contributed by atoms with Crippen molar-refractivity contribution < 1.29 is 9.90 Å². The maximum absolute atomic E-state index is 11.6. The molecule has 1 rings (SSSR count). The van der Waals surface area contributed by atoms with Crippen molar-refractivity contribution in [2.45, 2.75) is 52.4 Å². The van der Waals surface area contributed by atoms with Gasteiger partial charge < -0.3 is 5.11 Å². The number of rotatable bonds is 8. The highest BCUT2D eigenvalue weighted by Gasteiger charge is 2.01. The summed E-state index contributed by atoms with van der Waals surface area (Å²) in [6, 6.07) is 6.74. The van der Waals surface area contributed by atoms with Crippen LogP contribution in [-0.2, 0) is 4.79 Å². The molecule has 0 aliphatic rings. The van der Waals surface area contributed by atoms with Gasteiger partial charge in [-0.3, -0.25) is 4.79 Å². The topological polar surface area (TPSA) is 61.7 Å². The normalized spacial score (nSPS) is 11.4. The molecule has 0 radical (unpaired) electrons. The second-order valence-corrected chi connectivity index (χ2v) is 4.94. The number of carbonyl (C=O) groups is 1. The van der Waals surface area contributed by atoms with Crippen LogP contribution in [0.2, 0.25) is 0 Å². The fraction of sp³-hybridized carbons (Fsp3) is 0.500. The summed E-state index contributed by atoms with van der Waals surface area (Å²) in [5, 5.41) is 13.3. The lowest BCUT2D eigenvalue weighted by molar-refractivity contribution is -0.121. The number of phenols is 1. The molecule has 0 unspecified atom stereocenters. The van der Waals surface area contributed by atoms with Crippen LogP contribution >= 0.6 is 0 Å². The van der Waals surface area contributed by atoms with Crippen molar-refractivity contribution in [3.63, 3.8) is 0 Å². The first kappa shape index (κ1) is 16.2. The maximum atomic E-state index is 11.6. The standard InChI is InChI=1S/C16H24N2O2/c1-3-4-5-6-7-8-16(20)18-17-13(2)14-9-11-15(19)12-10-14/h9-12,19H,3-8H2,1-2H3,(H,18,20). The van der Waals surface area contributed by atoms with Gasteiger partial charge in [-0.05, 0) is 43.2 Å². The number of carbonyl (C=O) groups excluding carboxylic acids is 1. The maximum Gasteiger partial charge on any atom is 0.240 e. The summed E-state index contributed by atoms with van der Waals surface area (Å²) in [5.41, 5.74) is 4.18. The molecule has 0 aliphatic heterocycles. The largest absolute Gasteiger partial charge is 0.508 e. The van der Waals surface area contributed by atoms with E-state index in [0.29, 0.717) is 6.42 Å². The lowest BCUT2D eigenvalue weighted by Crippen LogP contribution is -2.18. The lowest BCUT2D eigenvalue weighted by Gasteiger charge is -2.03. The van der Waals surface area contributed by atoms with Crippen LogP contribution in [0.1, 0.15) is 57.9 Å². The molecular formula is C16H24N2O2. The van der Waals surface area contributed by atoms with Crippen LogP contribution in [0.3, 0.4) is 0 Å². The molecule has 0 saturated carbocycles. The first-order valence-electron chi connectivity index (χ1n) is 7.26. The van der Waals surface area contributed by atoms with Gasteiger partial charge in [0, 0.05) is 6.42 Å². The molecule has 0 heterocycles. The smallest absolute Gasteiger partial charge is 0.240 e. The van der Waals surface area contributed by atoms with Crippen molar-refractivity contribution in [1.29, 1.82) is 0 Å². The van der Waals surface area contributed by atoms with E-state index in [0.717, 1.165) is 24.1 Å². The van der Waals surface area contributed by atoms with Crippen LogP contribution in [0.5, 0.6) is 5.75 Å². The molecule has 2 N–H and O–H groups in total. The number of benzene rings is 1. The van der Waals surface area contributed by atoms with E-state index >= 15 is 0 Å².